The molecule has 138 valence electrons. The SMILES string of the molecule is COc1ccc(CCC(=O)Nc2ccc3c(c2F)CCNC3)cc1OC. The van der Waals surface area contributed by atoms with Gasteiger partial charge >= 0.3 is 0 Å². The third kappa shape index (κ3) is 3.96. The van der Waals surface area contributed by atoms with Gasteiger partial charge in [0.1, 0.15) is 5.82 Å². The lowest BCUT2D eigenvalue weighted by molar-refractivity contribution is -0.116. The number of fused-ring (bicyclic) bond motifs is 1. The average molecular weight is 358 g/mol. The van der Waals surface area contributed by atoms with Crippen molar-refractivity contribution >= 4 is 11.6 Å². The maximum Gasteiger partial charge on any atom is 0.224 e. The van der Waals surface area contributed by atoms with E-state index in [1.165, 1.54) is 0 Å². The van der Waals surface area contributed by atoms with Crippen LogP contribution in [0.15, 0.2) is 30.3 Å². The summed E-state index contributed by atoms with van der Waals surface area (Å²) >= 11 is 0. The molecule has 1 aliphatic rings. The first-order valence-corrected chi connectivity index (χ1v) is 8.64. The molecule has 5 nitrogen and oxygen atoms in total. The van der Waals surface area contributed by atoms with Crippen molar-refractivity contribution in [3.05, 3.63) is 52.8 Å². The molecule has 0 saturated heterocycles. The van der Waals surface area contributed by atoms with Crippen LogP contribution in [0.25, 0.3) is 0 Å². The zero-order valence-corrected chi connectivity index (χ0v) is 15.0. The Morgan fingerprint density at radius 3 is 2.77 bits per heavy atom. The first-order valence-electron chi connectivity index (χ1n) is 8.64. The van der Waals surface area contributed by atoms with E-state index in [4.69, 9.17) is 9.47 Å². The Labute approximate surface area is 152 Å². The molecule has 0 atom stereocenters. The predicted octanol–water partition coefficient (Wildman–Crippen LogP) is 3.06. The van der Waals surface area contributed by atoms with Gasteiger partial charge in [0, 0.05) is 13.0 Å². The molecule has 0 unspecified atom stereocenters. The summed E-state index contributed by atoms with van der Waals surface area (Å²) in [5.74, 6) is 0.738. The molecule has 1 aliphatic heterocycles. The number of benzene rings is 2. The van der Waals surface area contributed by atoms with E-state index in [1.807, 2.05) is 24.3 Å². The molecular weight excluding hydrogens is 335 g/mol. The highest BCUT2D eigenvalue weighted by Crippen LogP contribution is 2.28. The fourth-order valence-electron chi connectivity index (χ4n) is 3.14. The molecule has 0 radical (unpaired) electrons. The molecule has 0 bridgehead atoms. The highest BCUT2D eigenvalue weighted by Gasteiger charge is 2.17. The van der Waals surface area contributed by atoms with Crippen LogP contribution in [0.5, 0.6) is 11.5 Å². The number of hydrogen-bond acceptors (Lipinski definition) is 4. The fourth-order valence-corrected chi connectivity index (χ4v) is 3.14. The van der Waals surface area contributed by atoms with Crippen LogP contribution in [0.2, 0.25) is 0 Å². The number of nitrogens with one attached hydrogen (secondary N) is 2. The number of amides is 1. The van der Waals surface area contributed by atoms with Crippen molar-refractivity contribution in [3.8, 4) is 11.5 Å². The van der Waals surface area contributed by atoms with Gasteiger partial charge in [0.15, 0.2) is 11.5 Å². The van der Waals surface area contributed by atoms with Crippen molar-refractivity contribution < 1.29 is 18.7 Å². The van der Waals surface area contributed by atoms with Gasteiger partial charge in [-0.15, -0.1) is 0 Å². The van der Waals surface area contributed by atoms with Crippen LogP contribution in [-0.2, 0) is 24.2 Å². The molecule has 0 fully saturated rings. The number of carbonyl (C=O) groups excluding carboxylic acids is 1. The maximum absolute atomic E-state index is 14.6. The molecule has 0 aliphatic carbocycles. The minimum atomic E-state index is -0.316. The van der Waals surface area contributed by atoms with E-state index in [2.05, 4.69) is 10.6 Å². The molecule has 1 heterocycles. The Morgan fingerprint density at radius 1 is 1.19 bits per heavy atom. The van der Waals surface area contributed by atoms with E-state index < -0.39 is 0 Å². The zero-order valence-electron chi connectivity index (χ0n) is 15.0. The molecule has 2 aromatic carbocycles. The highest BCUT2D eigenvalue weighted by molar-refractivity contribution is 5.91. The maximum atomic E-state index is 14.6. The summed E-state index contributed by atoms with van der Waals surface area (Å²) in [6.07, 6.45) is 1.42. The normalized spacial score (nSPS) is 13.0. The summed E-state index contributed by atoms with van der Waals surface area (Å²) in [4.78, 5) is 12.2. The Balaban J connectivity index is 1.63. The Hall–Kier alpha value is -2.60. The molecule has 26 heavy (non-hydrogen) atoms. The van der Waals surface area contributed by atoms with Gasteiger partial charge in [-0.25, -0.2) is 4.39 Å². The minimum absolute atomic E-state index is 0.215. The number of methoxy groups -OCH3 is 2. The Kier molecular flexibility index (Phi) is 5.73. The van der Waals surface area contributed by atoms with Crippen LogP contribution in [0.1, 0.15) is 23.1 Å². The van der Waals surface area contributed by atoms with E-state index in [0.29, 0.717) is 36.4 Å². The Morgan fingerprint density at radius 2 is 2.00 bits per heavy atom. The number of rotatable bonds is 6. The van der Waals surface area contributed by atoms with Crippen molar-refractivity contribution in [1.29, 1.82) is 0 Å². The van der Waals surface area contributed by atoms with E-state index in [0.717, 1.165) is 17.7 Å². The fraction of sp³-hybridized carbons (Fsp3) is 0.350. The largest absolute Gasteiger partial charge is 0.493 e. The second-order valence-corrected chi connectivity index (χ2v) is 6.23. The molecule has 2 aromatic rings. The summed E-state index contributed by atoms with van der Waals surface area (Å²) in [5.41, 5.74) is 2.86. The lowest BCUT2D eigenvalue weighted by Gasteiger charge is -2.19. The van der Waals surface area contributed by atoms with Crippen LogP contribution in [0.3, 0.4) is 0 Å². The van der Waals surface area contributed by atoms with Crippen LogP contribution in [0.4, 0.5) is 10.1 Å². The molecule has 0 spiro atoms. The van der Waals surface area contributed by atoms with Crippen molar-refractivity contribution in [1.82, 2.24) is 5.32 Å². The third-order valence-corrected chi connectivity index (χ3v) is 4.57. The van der Waals surface area contributed by atoms with Gasteiger partial charge in [0.2, 0.25) is 5.91 Å². The van der Waals surface area contributed by atoms with Gasteiger partial charge < -0.3 is 20.1 Å². The van der Waals surface area contributed by atoms with Gasteiger partial charge in [0.25, 0.3) is 0 Å². The van der Waals surface area contributed by atoms with E-state index in [1.54, 1.807) is 20.3 Å². The molecule has 2 N–H and O–H groups in total. The first-order chi connectivity index (χ1) is 12.6. The zero-order chi connectivity index (χ0) is 18.5. The Bertz CT molecular complexity index is 808. The molecule has 1 amide bonds. The van der Waals surface area contributed by atoms with Crippen molar-refractivity contribution in [2.24, 2.45) is 0 Å². The molecule has 3 rings (SSSR count). The van der Waals surface area contributed by atoms with Crippen LogP contribution >= 0.6 is 0 Å². The third-order valence-electron chi connectivity index (χ3n) is 4.57. The van der Waals surface area contributed by atoms with Gasteiger partial charge in [-0.1, -0.05) is 12.1 Å². The topological polar surface area (TPSA) is 59.6 Å². The summed E-state index contributed by atoms with van der Waals surface area (Å²) < 4.78 is 25.1. The average Bonchev–Trinajstić information content (AvgIpc) is 2.68. The van der Waals surface area contributed by atoms with Crippen LogP contribution in [0, 0.1) is 5.82 Å². The number of hydrogen-bond donors (Lipinski definition) is 2. The summed E-state index contributed by atoms with van der Waals surface area (Å²) in [6, 6.07) is 9.05. The standard InChI is InChI=1S/C20H23FN2O3/c1-25-17-7-3-13(11-18(17)26-2)4-8-19(24)23-16-6-5-14-12-22-10-9-15(14)20(16)21/h3,5-7,11,22H,4,8-10,12H2,1-2H3,(H,23,24). The van der Waals surface area contributed by atoms with Crippen molar-refractivity contribution in [2.75, 3.05) is 26.1 Å². The lowest BCUT2D eigenvalue weighted by atomic mass is 9.99. The number of ether oxygens (including phenoxy) is 2. The molecule has 0 saturated carbocycles. The van der Waals surface area contributed by atoms with E-state index >= 15 is 0 Å². The van der Waals surface area contributed by atoms with E-state index in [-0.39, 0.29) is 23.8 Å². The lowest BCUT2D eigenvalue weighted by Crippen LogP contribution is -2.25. The second kappa shape index (κ2) is 8.19. The first kappa shape index (κ1) is 18.2. The number of aryl methyl sites for hydroxylation is 1. The van der Waals surface area contributed by atoms with Gasteiger partial charge in [0.05, 0.1) is 19.9 Å². The van der Waals surface area contributed by atoms with Crippen molar-refractivity contribution in [2.45, 2.75) is 25.8 Å². The predicted molar refractivity (Wildman–Crippen MR) is 98.3 cm³/mol. The highest BCUT2D eigenvalue weighted by atomic mass is 19.1. The van der Waals surface area contributed by atoms with Gasteiger partial charge in [-0.3, -0.25) is 4.79 Å². The van der Waals surface area contributed by atoms with Crippen LogP contribution < -0.4 is 20.1 Å². The minimum Gasteiger partial charge on any atom is -0.493 e. The molecule has 0 aromatic heterocycles. The smallest absolute Gasteiger partial charge is 0.224 e. The number of carbonyl (C=O) groups is 1. The number of anilines is 1. The monoisotopic (exact) mass is 358 g/mol. The van der Waals surface area contributed by atoms with Crippen molar-refractivity contribution in [3.63, 3.8) is 0 Å². The van der Waals surface area contributed by atoms with Gasteiger partial charge in [-0.2, -0.15) is 0 Å². The quantitative estimate of drug-likeness (QED) is 0.833. The summed E-state index contributed by atoms with van der Waals surface area (Å²) in [5, 5.41) is 5.90. The van der Waals surface area contributed by atoms with E-state index in [9.17, 15) is 9.18 Å². The van der Waals surface area contributed by atoms with Gasteiger partial charge in [-0.05, 0) is 54.3 Å². The second-order valence-electron chi connectivity index (χ2n) is 6.23. The molecular formula is C20H23FN2O3. The summed E-state index contributed by atoms with van der Waals surface area (Å²) in [6.45, 7) is 1.42. The molecule has 6 heteroatoms. The number of halogens is 1. The van der Waals surface area contributed by atoms with Crippen LogP contribution in [-0.4, -0.2) is 26.7 Å². The summed E-state index contributed by atoms with van der Waals surface area (Å²) in [7, 11) is 3.15.